The van der Waals surface area contributed by atoms with Gasteiger partial charge in [-0.1, -0.05) is 0 Å². The molecule has 1 aromatic heterocycles. The lowest BCUT2D eigenvalue weighted by Gasteiger charge is -2.27. The molecular formula is C17H15F4N3O2. The van der Waals surface area contributed by atoms with Crippen LogP contribution < -0.4 is 5.32 Å². The van der Waals surface area contributed by atoms with Crippen molar-refractivity contribution in [1.82, 2.24) is 10.2 Å². The number of nitrogens with zero attached hydrogens (tertiary/aromatic N) is 2. The summed E-state index contributed by atoms with van der Waals surface area (Å²) in [5.74, 6) is -1.67. The fourth-order valence-electron chi connectivity index (χ4n) is 3.30. The van der Waals surface area contributed by atoms with Crippen LogP contribution >= 0.6 is 0 Å². The first kappa shape index (κ1) is 17.0. The van der Waals surface area contributed by atoms with Crippen molar-refractivity contribution >= 4 is 5.82 Å². The number of phenols is 1. The van der Waals surface area contributed by atoms with Gasteiger partial charge in [0.05, 0.1) is 17.8 Å². The van der Waals surface area contributed by atoms with E-state index >= 15 is 0 Å². The number of fused-ring (bicyclic) bond motifs is 1. The van der Waals surface area contributed by atoms with Crippen LogP contribution in [-0.4, -0.2) is 28.0 Å². The van der Waals surface area contributed by atoms with Gasteiger partial charge in [0.25, 0.3) is 0 Å². The van der Waals surface area contributed by atoms with Crippen LogP contribution in [-0.2, 0) is 23.9 Å². The van der Waals surface area contributed by atoms with E-state index in [9.17, 15) is 22.7 Å². The molecular weight excluding hydrogens is 354 g/mol. The van der Waals surface area contributed by atoms with E-state index in [1.807, 2.05) is 0 Å². The van der Waals surface area contributed by atoms with Gasteiger partial charge in [0.2, 0.25) is 0 Å². The molecule has 2 heterocycles. The number of halogens is 4. The van der Waals surface area contributed by atoms with Crippen LogP contribution in [0.5, 0.6) is 5.75 Å². The van der Waals surface area contributed by atoms with Crippen LogP contribution in [0.3, 0.4) is 0 Å². The Morgan fingerprint density at radius 1 is 1.19 bits per heavy atom. The summed E-state index contributed by atoms with van der Waals surface area (Å²) in [7, 11) is 1.67. The van der Waals surface area contributed by atoms with Gasteiger partial charge in [-0.3, -0.25) is 0 Å². The van der Waals surface area contributed by atoms with Crippen LogP contribution in [0.2, 0.25) is 0 Å². The van der Waals surface area contributed by atoms with Gasteiger partial charge < -0.3 is 15.2 Å². The maximum atomic E-state index is 14.0. The number of aromatic hydroxyl groups is 1. The molecule has 1 aliphatic carbocycles. The van der Waals surface area contributed by atoms with E-state index in [4.69, 9.17) is 4.74 Å². The first-order valence-electron chi connectivity index (χ1n) is 8.04. The molecule has 138 valence electrons. The molecule has 26 heavy (non-hydrogen) atoms. The second kappa shape index (κ2) is 5.54. The SMILES string of the molecule is CNc1nnc(-c2cc(F)c(C(F)(F)F)cc2O)c2c1COC1(CC1)C2. The lowest BCUT2D eigenvalue weighted by molar-refractivity contribution is -0.140. The van der Waals surface area contributed by atoms with Crippen LogP contribution in [0.1, 0.15) is 29.5 Å². The summed E-state index contributed by atoms with van der Waals surface area (Å²) in [4.78, 5) is 0. The predicted octanol–water partition coefficient (Wildman–Crippen LogP) is 3.65. The van der Waals surface area contributed by atoms with Gasteiger partial charge in [-0.15, -0.1) is 10.2 Å². The molecule has 0 amide bonds. The molecule has 1 spiro atoms. The standard InChI is InChI=1S/C17H15F4N3O2/c1-22-15-10-7-26-16(2-3-16)6-9(10)14(23-24-15)8-4-12(18)11(5-13(8)25)17(19,20)21/h4-5,25H,2-3,6-7H2,1H3,(H,22,24). The highest BCUT2D eigenvalue weighted by Crippen LogP contribution is 2.49. The van der Waals surface area contributed by atoms with Crippen LogP contribution in [0.15, 0.2) is 12.1 Å². The highest BCUT2D eigenvalue weighted by atomic mass is 19.4. The lowest BCUT2D eigenvalue weighted by Crippen LogP contribution is -2.26. The van der Waals surface area contributed by atoms with Crippen molar-refractivity contribution in [3.05, 3.63) is 34.6 Å². The number of rotatable bonds is 2. The average Bonchev–Trinajstić information content (AvgIpc) is 3.33. The Bertz CT molecular complexity index is 895. The molecule has 2 N–H and O–H groups in total. The zero-order valence-electron chi connectivity index (χ0n) is 13.7. The van der Waals surface area contributed by atoms with Crippen molar-refractivity contribution in [3.63, 3.8) is 0 Å². The third-order valence-corrected chi connectivity index (χ3v) is 4.90. The minimum Gasteiger partial charge on any atom is -0.507 e. The molecule has 0 bridgehead atoms. The average molecular weight is 369 g/mol. The molecule has 9 heteroatoms. The highest BCUT2D eigenvalue weighted by molar-refractivity contribution is 5.73. The Morgan fingerprint density at radius 3 is 2.54 bits per heavy atom. The molecule has 5 nitrogen and oxygen atoms in total. The smallest absolute Gasteiger partial charge is 0.419 e. The second-order valence-electron chi connectivity index (χ2n) is 6.60. The van der Waals surface area contributed by atoms with E-state index in [2.05, 4.69) is 15.5 Å². The van der Waals surface area contributed by atoms with Gasteiger partial charge in [0, 0.05) is 24.6 Å². The Morgan fingerprint density at radius 2 is 1.92 bits per heavy atom. The second-order valence-corrected chi connectivity index (χ2v) is 6.60. The number of hydrogen-bond acceptors (Lipinski definition) is 5. The van der Waals surface area contributed by atoms with Crippen LogP contribution in [0.25, 0.3) is 11.3 Å². The first-order chi connectivity index (χ1) is 12.2. The molecule has 1 aromatic carbocycles. The number of anilines is 1. The van der Waals surface area contributed by atoms with Gasteiger partial charge >= 0.3 is 6.18 Å². The molecule has 1 saturated carbocycles. The maximum absolute atomic E-state index is 14.0. The summed E-state index contributed by atoms with van der Waals surface area (Å²) in [6.45, 7) is 0.276. The van der Waals surface area contributed by atoms with E-state index in [0.29, 0.717) is 29.9 Å². The lowest BCUT2D eigenvalue weighted by atomic mass is 9.93. The Kier molecular flexibility index (Phi) is 3.62. The van der Waals surface area contributed by atoms with Crippen LogP contribution in [0.4, 0.5) is 23.4 Å². The molecule has 0 atom stereocenters. The summed E-state index contributed by atoms with van der Waals surface area (Å²) in [5, 5.41) is 21.1. The minimum absolute atomic E-state index is 0.111. The normalized spacial score (nSPS) is 17.9. The number of benzene rings is 1. The Hall–Kier alpha value is -2.42. The third-order valence-electron chi connectivity index (χ3n) is 4.90. The molecule has 1 aliphatic heterocycles. The molecule has 2 aromatic rings. The molecule has 4 rings (SSSR count). The van der Waals surface area contributed by atoms with E-state index in [1.165, 1.54) is 0 Å². The van der Waals surface area contributed by atoms with Gasteiger partial charge in [-0.2, -0.15) is 13.2 Å². The first-order valence-corrected chi connectivity index (χ1v) is 8.04. The third kappa shape index (κ3) is 2.66. The Balaban J connectivity index is 1.88. The van der Waals surface area contributed by atoms with Crippen molar-refractivity contribution in [3.8, 4) is 17.0 Å². The minimum atomic E-state index is -4.90. The molecule has 0 radical (unpaired) electrons. The Labute approximate surface area is 146 Å². The predicted molar refractivity (Wildman–Crippen MR) is 84.1 cm³/mol. The molecule has 0 unspecified atom stereocenters. The van der Waals surface area contributed by atoms with Gasteiger partial charge in [0.1, 0.15) is 17.3 Å². The summed E-state index contributed by atoms with van der Waals surface area (Å²) >= 11 is 0. The summed E-state index contributed by atoms with van der Waals surface area (Å²) in [6.07, 6.45) is -2.66. The fourth-order valence-corrected chi connectivity index (χ4v) is 3.30. The number of nitrogens with one attached hydrogen (secondary N) is 1. The maximum Gasteiger partial charge on any atom is 0.419 e. The number of alkyl halides is 3. The number of hydrogen-bond donors (Lipinski definition) is 2. The van der Waals surface area contributed by atoms with Gasteiger partial charge in [-0.05, 0) is 30.5 Å². The summed E-state index contributed by atoms with van der Waals surface area (Å²) < 4.78 is 58.4. The number of phenolic OH excluding ortho intramolecular Hbond substituents is 1. The largest absolute Gasteiger partial charge is 0.507 e. The number of ether oxygens (including phenoxy) is 1. The van der Waals surface area contributed by atoms with Crippen molar-refractivity contribution in [2.75, 3.05) is 12.4 Å². The van der Waals surface area contributed by atoms with Gasteiger partial charge in [-0.25, -0.2) is 4.39 Å². The summed E-state index contributed by atoms with van der Waals surface area (Å²) in [6, 6.07) is 1.05. The zero-order valence-corrected chi connectivity index (χ0v) is 13.7. The van der Waals surface area contributed by atoms with E-state index in [0.717, 1.165) is 18.4 Å². The van der Waals surface area contributed by atoms with Crippen LogP contribution in [0, 0.1) is 5.82 Å². The quantitative estimate of drug-likeness (QED) is 0.791. The number of aromatic nitrogens is 2. The summed E-state index contributed by atoms with van der Waals surface area (Å²) in [5.41, 5.74) is -0.319. The van der Waals surface area contributed by atoms with E-state index < -0.39 is 23.3 Å². The van der Waals surface area contributed by atoms with Crippen molar-refractivity contribution in [1.29, 1.82) is 0 Å². The molecule has 0 saturated heterocycles. The van der Waals surface area contributed by atoms with Crippen molar-refractivity contribution < 1.29 is 27.4 Å². The van der Waals surface area contributed by atoms with Gasteiger partial charge in [0.15, 0.2) is 5.82 Å². The van der Waals surface area contributed by atoms with Crippen molar-refractivity contribution in [2.45, 2.75) is 37.6 Å². The highest BCUT2D eigenvalue weighted by Gasteiger charge is 2.48. The van der Waals surface area contributed by atoms with Crippen molar-refractivity contribution in [2.24, 2.45) is 0 Å². The van der Waals surface area contributed by atoms with E-state index in [-0.39, 0.29) is 23.5 Å². The zero-order chi connectivity index (χ0) is 18.7. The topological polar surface area (TPSA) is 67.3 Å². The van der Waals surface area contributed by atoms with E-state index in [1.54, 1.807) is 7.05 Å². The molecule has 2 aliphatic rings. The molecule has 1 fully saturated rings. The monoisotopic (exact) mass is 369 g/mol. The fraction of sp³-hybridized carbons (Fsp3) is 0.412.